The minimum Gasteiger partial charge on any atom is -0.463 e. The molecule has 4 nitrogen and oxygen atoms in total. The monoisotopic (exact) mass is 316 g/mol. The van der Waals surface area contributed by atoms with Crippen LogP contribution in [0.25, 0.3) is 11.0 Å². The van der Waals surface area contributed by atoms with E-state index in [4.69, 9.17) is 4.42 Å². The summed E-state index contributed by atoms with van der Waals surface area (Å²) in [7, 11) is 0. The van der Waals surface area contributed by atoms with Crippen molar-refractivity contribution >= 4 is 38.5 Å². The number of hydrogen-bond acceptors (Lipinski definition) is 3. The number of para-hydroxylation sites is 1. The van der Waals surface area contributed by atoms with Crippen molar-refractivity contribution in [1.82, 2.24) is 4.98 Å². The van der Waals surface area contributed by atoms with Crippen molar-refractivity contribution in [3.05, 3.63) is 59.0 Å². The van der Waals surface area contributed by atoms with Gasteiger partial charge in [0.2, 0.25) is 0 Å². The Morgan fingerprint density at radius 2 is 2.11 bits per heavy atom. The number of aromatic nitrogens is 1. The molecule has 0 fully saturated rings. The van der Waals surface area contributed by atoms with Gasteiger partial charge in [-0.3, -0.25) is 9.78 Å². The summed E-state index contributed by atoms with van der Waals surface area (Å²) in [5.74, 6) is -0.211. The maximum atomic E-state index is 12.2. The molecular formula is C14H9BrN2O2. The lowest BCUT2D eigenvalue weighted by Crippen LogP contribution is -2.11. The van der Waals surface area contributed by atoms with Crippen LogP contribution >= 0.6 is 15.9 Å². The molecule has 0 saturated heterocycles. The Morgan fingerprint density at radius 1 is 1.26 bits per heavy atom. The third kappa shape index (κ3) is 2.24. The Morgan fingerprint density at radius 3 is 2.95 bits per heavy atom. The molecule has 0 aliphatic heterocycles. The molecule has 1 amide bonds. The second-order valence-corrected chi connectivity index (χ2v) is 4.81. The Kier molecular flexibility index (Phi) is 3.05. The molecule has 0 saturated carbocycles. The van der Waals surface area contributed by atoms with Crippen LogP contribution in [-0.2, 0) is 0 Å². The highest BCUT2D eigenvalue weighted by molar-refractivity contribution is 9.10. The van der Waals surface area contributed by atoms with Crippen LogP contribution in [0, 0.1) is 0 Å². The average Bonchev–Trinajstić information content (AvgIpc) is 2.85. The summed E-state index contributed by atoms with van der Waals surface area (Å²) in [6.45, 7) is 0. The van der Waals surface area contributed by atoms with Gasteiger partial charge in [0.15, 0.2) is 0 Å². The average molecular weight is 317 g/mol. The highest BCUT2D eigenvalue weighted by Gasteiger charge is 2.14. The van der Waals surface area contributed by atoms with Crippen molar-refractivity contribution in [2.45, 2.75) is 0 Å². The lowest BCUT2D eigenvalue weighted by atomic mass is 10.1. The standard InChI is InChI=1S/C14H9BrN2O2/c15-11-7-16-6-5-12(11)17-14(18)10-8-19-13-4-2-1-3-9(10)13/h1-8H,(H,16,17,18). The predicted molar refractivity (Wildman–Crippen MR) is 76.1 cm³/mol. The molecule has 1 aromatic carbocycles. The van der Waals surface area contributed by atoms with E-state index in [9.17, 15) is 4.79 Å². The van der Waals surface area contributed by atoms with Crippen molar-refractivity contribution in [3.8, 4) is 0 Å². The zero-order valence-electron chi connectivity index (χ0n) is 9.76. The minimum absolute atomic E-state index is 0.211. The fourth-order valence-electron chi connectivity index (χ4n) is 1.82. The van der Waals surface area contributed by atoms with Gasteiger partial charge in [-0.1, -0.05) is 18.2 Å². The van der Waals surface area contributed by atoms with Crippen molar-refractivity contribution in [2.24, 2.45) is 0 Å². The number of furan rings is 1. The van der Waals surface area contributed by atoms with Crippen LogP contribution in [0.1, 0.15) is 10.4 Å². The second-order valence-electron chi connectivity index (χ2n) is 3.96. The quantitative estimate of drug-likeness (QED) is 0.781. The number of anilines is 1. The van der Waals surface area contributed by atoms with E-state index in [1.807, 2.05) is 24.3 Å². The first-order valence-electron chi connectivity index (χ1n) is 5.63. The van der Waals surface area contributed by atoms with Crippen molar-refractivity contribution < 1.29 is 9.21 Å². The van der Waals surface area contributed by atoms with Gasteiger partial charge in [0, 0.05) is 17.8 Å². The molecule has 0 bridgehead atoms. The first-order chi connectivity index (χ1) is 9.25. The molecule has 5 heteroatoms. The molecule has 94 valence electrons. The number of hydrogen-bond donors (Lipinski definition) is 1. The van der Waals surface area contributed by atoms with Gasteiger partial charge in [-0.25, -0.2) is 0 Å². The maximum Gasteiger partial charge on any atom is 0.259 e. The number of fused-ring (bicyclic) bond motifs is 1. The number of nitrogens with zero attached hydrogens (tertiary/aromatic N) is 1. The molecule has 0 aliphatic carbocycles. The Labute approximate surface area is 117 Å². The minimum atomic E-state index is -0.211. The van der Waals surface area contributed by atoms with Gasteiger partial charge in [-0.2, -0.15) is 0 Å². The van der Waals surface area contributed by atoms with E-state index >= 15 is 0 Å². The Bertz CT molecular complexity index is 752. The van der Waals surface area contributed by atoms with Gasteiger partial charge in [0.25, 0.3) is 5.91 Å². The summed E-state index contributed by atoms with van der Waals surface area (Å²) in [5, 5.41) is 3.62. The van der Waals surface area contributed by atoms with Gasteiger partial charge >= 0.3 is 0 Å². The zero-order chi connectivity index (χ0) is 13.2. The van der Waals surface area contributed by atoms with E-state index in [1.54, 1.807) is 18.5 Å². The number of amides is 1. The second kappa shape index (κ2) is 4.85. The van der Waals surface area contributed by atoms with Crippen LogP contribution in [-0.4, -0.2) is 10.9 Å². The van der Waals surface area contributed by atoms with E-state index in [2.05, 4.69) is 26.2 Å². The number of carbonyl (C=O) groups excluding carboxylic acids is 1. The summed E-state index contributed by atoms with van der Waals surface area (Å²) in [4.78, 5) is 16.2. The SMILES string of the molecule is O=C(Nc1ccncc1Br)c1coc2ccccc12. The lowest BCUT2D eigenvalue weighted by molar-refractivity contribution is 0.102. The lowest BCUT2D eigenvalue weighted by Gasteiger charge is -2.05. The molecule has 0 atom stereocenters. The number of halogens is 1. The van der Waals surface area contributed by atoms with Crippen molar-refractivity contribution in [3.63, 3.8) is 0 Å². The zero-order valence-corrected chi connectivity index (χ0v) is 11.3. The first kappa shape index (κ1) is 11.9. The summed E-state index contributed by atoms with van der Waals surface area (Å²) < 4.78 is 6.09. The topological polar surface area (TPSA) is 55.1 Å². The van der Waals surface area contributed by atoms with E-state index in [0.29, 0.717) is 16.8 Å². The highest BCUT2D eigenvalue weighted by Crippen LogP contribution is 2.24. The van der Waals surface area contributed by atoms with Gasteiger partial charge in [0.05, 0.1) is 15.7 Å². The largest absolute Gasteiger partial charge is 0.463 e. The molecule has 19 heavy (non-hydrogen) atoms. The van der Waals surface area contributed by atoms with Crippen LogP contribution < -0.4 is 5.32 Å². The predicted octanol–water partition coefficient (Wildman–Crippen LogP) is 3.84. The van der Waals surface area contributed by atoms with Crippen LogP contribution in [0.4, 0.5) is 5.69 Å². The number of carbonyl (C=O) groups is 1. The molecule has 3 aromatic rings. The third-order valence-electron chi connectivity index (χ3n) is 2.75. The summed E-state index contributed by atoms with van der Waals surface area (Å²) >= 11 is 3.34. The first-order valence-corrected chi connectivity index (χ1v) is 6.42. The summed E-state index contributed by atoms with van der Waals surface area (Å²) in [6.07, 6.45) is 4.71. The van der Waals surface area contributed by atoms with Crippen LogP contribution in [0.5, 0.6) is 0 Å². The van der Waals surface area contributed by atoms with Gasteiger partial charge < -0.3 is 9.73 Å². The van der Waals surface area contributed by atoms with Crippen molar-refractivity contribution in [1.29, 1.82) is 0 Å². The summed E-state index contributed by atoms with van der Waals surface area (Å²) in [5.41, 5.74) is 1.88. The van der Waals surface area contributed by atoms with E-state index in [0.717, 1.165) is 9.86 Å². The van der Waals surface area contributed by atoms with Crippen LogP contribution in [0.15, 0.2) is 57.9 Å². The molecule has 3 rings (SSSR count). The third-order valence-corrected chi connectivity index (χ3v) is 3.38. The fourth-order valence-corrected chi connectivity index (χ4v) is 2.17. The smallest absolute Gasteiger partial charge is 0.259 e. The molecule has 0 radical (unpaired) electrons. The number of nitrogens with one attached hydrogen (secondary N) is 1. The molecule has 0 spiro atoms. The number of pyridine rings is 1. The fraction of sp³-hybridized carbons (Fsp3) is 0. The molecule has 2 aromatic heterocycles. The Hall–Kier alpha value is -2.14. The van der Waals surface area contributed by atoms with Gasteiger partial charge in [-0.05, 0) is 28.1 Å². The van der Waals surface area contributed by atoms with Crippen molar-refractivity contribution in [2.75, 3.05) is 5.32 Å². The molecule has 1 N–H and O–H groups in total. The molecule has 0 aliphatic rings. The van der Waals surface area contributed by atoms with Gasteiger partial charge in [-0.15, -0.1) is 0 Å². The number of benzene rings is 1. The van der Waals surface area contributed by atoms with E-state index in [-0.39, 0.29) is 5.91 Å². The van der Waals surface area contributed by atoms with E-state index < -0.39 is 0 Å². The van der Waals surface area contributed by atoms with Crippen LogP contribution in [0.3, 0.4) is 0 Å². The highest BCUT2D eigenvalue weighted by atomic mass is 79.9. The van der Waals surface area contributed by atoms with Gasteiger partial charge in [0.1, 0.15) is 11.8 Å². The van der Waals surface area contributed by atoms with E-state index in [1.165, 1.54) is 6.26 Å². The molecular weight excluding hydrogens is 308 g/mol. The van der Waals surface area contributed by atoms with Crippen LogP contribution in [0.2, 0.25) is 0 Å². The Balaban J connectivity index is 1.95. The maximum absolute atomic E-state index is 12.2. The number of rotatable bonds is 2. The molecule has 2 heterocycles. The molecule has 0 unspecified atom stereocenters. The summed E-state index contributed by atoms with van der Waals surface area (Å²) in [6, 6.07) is 9.15. The normalized spacial score (nSPS) is 10.6.